The molecule has 0 aliphatic rings. The van der Waals surface area contributed by atoms with E-state index in [9.17, 15) is 9.59 Å². The van der Waals surface area contributed by atoms with Crippen molar-refractivity contribution < 1.29 is 0 Å². The van der Waals surface area contributed by atoms with Crippen molar-refractivity contribution >= 4 is 17.1 Å². The molecule has 18 heavy (non-hydrogen) atoms. The average Bonchev–Trinajstić information content (AvgIpc) is 2.63. The number of hydrogen-bond acceptors (Lipinski definition) is 4. The summed E-state index contributed by atoms with van der Waals surface area (Å²) in [5.74, 6) is 0.234. The van der Waals surface area contributed by atoms with E-state index in [1.807, 2.05) is 6.92 Å². The van der Waals surface area contributed by atoms with E-state index in [4.69, 9.17) is 5.73 Å². The second-order valence-corrected chi connectivity index (χ2v) is 4.35. The molecule has 0 fully saturated rings. The van der Waals surface area contributed by atoms with Gasteiger partial charge in [-0.1, -0.05) is 13.3 Å². The predicted molar refractivity (Wildman–Crippen MR) is 69.5 cm³/mol. The van der Waals surface area contributed by atoms with Crippen LogP contribution in [0.3, 0.4) is 0 Å². The largest absolute Gasteiger partial charge is 0.369 e. The number of rotatable bonds is 3. The van der Waals surface area contributed by atoms with E-state index in [-0.39, 0.29) is 17.2 Å². The number of nitrogen functional groups attached to an aromatic ring is 1. The number of aryl methyl sites for hydroxylation is 2. The molecule has 0 aliphatic heterocycles. The number of nitrogens with zero attached hydrogens (tertiary/aromatic N) is 4. The zero-order valence-corrected chi connectivity index (χ0v) is 10.8. The molecule has 2 aromatic rings. The standard InChI is InChI=1S/C11H17N5O2/c1-4-5-6-16-8-7(14(2)10(12)13-8)9(17)15(3)11(16)18/h4-6H2,1-3H3,(H2,12,13). The number of nitrogens with two attached hydrogens (primary N) is 1. The molecule has 2 rings (SSSR count). The van der Waals surface area contributed by atoms with Gasteiger partial charge in [-0.2, -0.15) is 4.98 Å². The van der Waals surface area contributed by atoms with Crippen LogP contribution in [-0.4, -0.2) is 18.7 Å². The van der Waals surface area contributed by atoms with Crippen molar-refractivity contribution in [3.63, 3.8) is 0 Å². The Bertz CT molecular complexity index is 707. The molecule has 2 aromatic heterocycles. The third kappa shape index (κ3) is 1.62. The minimum Gasteiger partial charge on any atom is -0.369 e. The molecule has 0 saturated carbocycles. The topological polar surface area (TPSA) is 87.8 Å². The molecule has 7 heteroatoms. The molecule has 0 atom stereocenters. The summed E-state index contributed by atoms with van der Waals surface area (Å²) in [5, 5.41) is 0. The van der Waals surface area contributed by atoms with Crippen molar-refractivity contribution in [1.82, 2.24) is 18.7 Å². The molecule has 2 heterocycles. The van der Waals surface area contributed by atoms with Gasteiger partial charge < -0.3 is 10.3 Å². The highest BCUT2D eigenvalue weighted by molar-refractivity contribution is 5.73. The molecular formula is C11H17N5O2. The van der Waals surface area contributed by atoms with Crippen LogP contribution >= 0.6 is 0 Å². The van der Waals surface area contributed by atoms with Crippen LogP contribution in [0.4, 0.5) is 5.95 Å². The van der Waals surface area contributed by atoms with Gasteiger partial charge in [-0.25, -0.2) is 4.79 Å². The molecule has 0 amide bonds. The van der Waals surface area contributed by atoms with Crippen LogP contribution < -0.4 is 17.0 Å². The number of hydrogen-bond donors (Lipinski definition) is 1. The van der Waals surface area contributed by atoms with E-state index in [1.165, 1.54) is 16.2 Å². The lowest BCUT2D eigenvalue weighted by Crippen LogP contribution is -2.38. The highest BCUT2D eigenvalue weighted by atomic mass is 16.2. The Balaban J connectivity index is 2.88. The molecule has 7 nitrogen and oxygen atoms in total. The zero-order chi connectivity index (χ0) is 13.4. The van der Waals surface area contributed by atoms with E-state index in [0.717, 1.165) is 17.4 Å². The normalized spacial score (nSPS) is 11.3. The summed E-state index contributed by atoms with van der Waals surface area (Å²) in [6.45, 7) is 2.58. The van der Waals surface area contributed by atoms with Gasteiger partial charge in [0.05, 0.1) is 0 Å². The van der Waals surface area contributed by atoms with Crippen LogP contribution in [0.2, 0.25) is 0 Å². The predicted octanol–water partition coefficient (Wildman–Crippen LogP) is -0.184. The van der Waals surface area contributed by atoms with Crippen LogP contribution in [-0.2, 0) is 20.6 Å². The lowest BCUT2D eigenvalue weighted by atomic mass is 10.3. The monoisotopic (exact) mass is 251 g/mol. The fourth-order valence-corrected chi connectivity index (χ4v) is 1.96. The summed E-state index contributed by atoms with van der Waals surface area (Å²) in [6, 6.07) is 0. The number of unbranched alkanes of at least 4 members (excludes halogenated alkanes) is 1. The van der Waals surface area contributed by atoms with Crippen molar-refractivity contribution in [3.8, 4) is 0 Å². The Hall–Kier alpha value is -2.05. The molecule has 0 aliphatic carbocycles. The Morgan fingerprint density at radius 1 is 1.22 bits per heavy atom. The Morgan fingerprint density at radius 2 is 1.89 bits per heavy atom. The maximum Gasteiger partial charge on any atom is 0.332 e. The van der Waals surface area contributed by atoms with Crippen molar-refractivity contribution in [3.05, 3.63) is 20.8 Å². The zero-order valence-electron chi connectivity index (χ0n) is 10.8. The number of imidazole rings is 1. The van der Waals surface area contributed by atoms with Gasteiger partial charge in [0.15, 0.2) is 11.2 Å². The lowest BCUT2D eigenvalue weighted by Gasteiger charge is -2.08. The summed E-state index contributed by atoms with van der Waals surface area (Å²) in [4.78, 5) is 28.2. The van der Waals surface area contributed by atoms with Crippen LogP contribution in [0, 0.1) is 0 Å². The minimum absolute atomic E-state index is 0.234. The van der Waals surface area contributed by atoms with Gasteiger partial charge in [0, 0.05) is 20.6 Å². The average molecular weight is 251 g/mol. The van der Waals surface area contributed by atoms with E-state index in [0.29, 0.717) is 17.7 Å². The Morgan fingerprint density at radius 3 is 2.50 bits per heavy atom. The second-order valence-electron chi connectivity index (χ2n) is 4.35. The first kappa shape index (κ1) is 12.4. The quantitative estimate of drug-likeness (QED) is 0.819. The maximum absolute atomic E-state index is 12.1. The fourth-order valence-electron chi connectivity index (χ4n) is 1.96. The molecule has 2 N–H and O–H groups in total. The smallest absolute Gasteiger partial charge is 0.332 e. The summed E-state index contributed by atoms with van der Waals surface area (Å²) in [6.07, 6.45) is 1.81. The summed E-state index contributed by atoms with van der Waals surface area (Å²) >= 11 is 0. The highest BCUT2D eigenvalue weighted by Crippen LogP contribution is 2.11. The van der Waals surface area contributed by atoms with Crippen molar-refractivity contribution in [2.45, 2.75) is 26.3 Å². The van der Waals surface area contributed by atoms with Crippen LogP contribution in [0.5, 0.6) is 0 Å². The summed E-state index contributed by atoms with van der Waals surface area (Å²) < 4.78 is 4.12. The molecule has 98 valence electrons. The van der Waals surface area contributed by atoms with Crippen LogP contribution in [0.25, 0.3) is 11.2 Å². The molecule has 0 bridgehead atoms. The number of fused-ring (bicyclic) bond motifs is 1. The van der Waals surface area contributed by atoms with Gasteiger partial charge in [0.1, 0.15) is 0 Å². The molecular weight excluding hydrogens is 234 g/mol. The maximum atomic E-state index is 12.1. The van der Waals surface area contributed by atoms with Crippen LogP contribution in [0.1, 0.15) is 19.8 Å². The Kier molecular flexibility index (Phi) is 2.98. The minimum atomic E-state index is -0.366. The Labute approximate surface area is 103 Å². The van der Waals surface area contributed by atoms with Gasteiger partial charge >= 0.3 is 5.69 Å². The molecule has 0 spiro atoms. The van der Waals surface area contributed by atoms with Gasteiger partial charge in [-0.15, -0.1) is 0 Å². The first-order valence-electron chi connectivity index (χ1n) is 5.90. The van der Waals surface area contributed by atoms with Gasteiger partial charge in [0.2, 0.25) is 5.95 Å². The SMILES string of the molecule is CCCCn1c(=O)n(C)c(=O)c2c1nc(N)n2C. The first-order chi connectivity index (χ1) is 8.49. The van der Waals surface area contributed by atoms with E-state index >= 15 is 0 Å². The lowest BCUT2D eigenvalue weighted by molar-refractivity contribution is 0.584. The second kappa shape index (κ2) is 4.32. The van der Waals surface area contributed by atoms with Crippen molar-refractivity contribution in [2.24, 2.45) is 14.1 Å². The van der Waals surface area contributed by atoms with Gasteiger partial charge in [-0.3, -0.25) is 13.9 Å². The van der Waals surface area contributed by atoms with E-state index in [2.05, 4.69) is 4.98 Å². The van der Waals surface area contributed by atoms with E-state index < -0.39 is 0 Å². The van der Waals surface area contributed by atoms with Gasteiger partial charge in [-0.05, 0) is 6.42 Å². The third-order valence-electron chi connectivity index (χ3n) is 3.13. The fraction of sp³-hybridized carbons (Fsp3) is 0.545. The van der Waals surface area contributed by atoms with Crippen molar-refractivity contribution in [1.29, 1.82) is 0 Å². The van der Waals surface area contributed by atoms with Gasteiger partial charge in [0.25, 0.3) is 5.56 Å². The number of anilines is 1. The van der Waals surface area contributed by atoms with Crippen molar-refractivity contribution in [2.75, 3.05) is 5.73 Å². The molecule has 0 unspecified atom stereocenters. The summed E-state index contributed by atoms with van der Waals surface area (Å²) in [7, 11) is 3.14. The molecule has 0 radical (unpaired) electrons. The number of aromatic nitrogens is 4. The third-order valence-corrected chi connectivity index (χ3v) is 3.13. The summed E-state index contributed by atoms with van der Waals surface area (Å²) in [5.41, 5.74) is 5.73. The molecule has 0 saturated heterocycles. The van der Waals surface area contributed by atoms with Crippen LogP contribution in [0.15, 0.2) is 9.59 Å². The highest BCUT2D eigenvalue weighted by Gasteiger charge is 2.16. The molecule has 0 aromatic carbocycles. The van der Waals surface area contributed by atoms with E-state index in [1.54, 1.807) is 7.05 Å². The first-order valence-corrected chi connectivity index (χ1v) is 5.90.